The normalized spacial score (nSPS) is 18.9. The highest BCUT2D eigenvalue weighted by Gasteiger charge is 2.42. The van der Waals surface area contributed by atoms with E-state index < -0.39 is 16.8 Å². The van der Waals surface area contributed by atoms with Gasteiger partial charge in [-0.1, -0.05) is 12.1 Å². The molecule has 1 aromatic rings. The third-order valence-electron chi connectivity index (χ3n) is 4.81. The minimum atomic E-state index is -0.724. The Bertz CT molecular complexity index is 887. The van der Waals surface area contributed by atoms with Gasteiger partial charge in [0.15, 0.2) is 5.78 Å². The molecule has 0 spiro atoms. The van der Waals surface area contributed by atoms with Crippen molar-refractivity contribution in [2.24, 2.45) is 0 Å². The van der Waals surface area contributed by atoms with Crippen molar-refractivity contribution in [1.82, 2.24) is 10.2 Å². The quantitative estimate of drug-likeness (QED) is 0.481. The molecule has 1 N–H and O–H groups in total. The van der Waals surface area contributed by atoms with Gasteiger partial charge in [-0.15, -0.1) is 0 Å². The van der Waals surface area contributed by atoms with Gasteiger partial charge >= 0.3 is 5.97 Å². The van der Waals surface area contributed by atoms with Crippen LogP contribution in [0.25, 0.3) is 0 Å². The average Bonchev–Trinajstić information content (AvgIpc) is 3.11. The van der Waals surface area contributed by atoms with Crippen LogP contribution in [0.4, 0.5) is 5.69 Å². The predicted octanol–water partition coefficient (Wildman–Crippen LogP) is 2.23. The Hall–Kier alpha value is -3.16. The van der Waals surface area contributed by atoms with E-state index in [4.69, 9.17) is 4.74 Å². The molecule has 8 nitrogen and oxygen atoms in total. The molecule has 1 fully saturated rings. The molecule has 27 heavy (non-hydrogen) atoms. The van der Waals surface area contributed by atoms with Crippen LogP contribution < -0.4 is 5.32 Å². The molecule has 8 heteroatoms. The lowest BCUT2D eigenvalue weighted by Crippen LogP contribution is -2.34. The van der Waals surface area contributed by atoms with E-state index in [0.717, 1.165) is 5.70 Å². The number of Topliss-reactive ketones (excluding diaryl/α,β-unsaturated/α-hetero) is 1. The van der Waals surface area contributed by atoms with Crippen LogP contribution in [-0.2, 0) is 14.3 Å². The number of carbonyl (C=O) groups is 2. The number of ether oxygens (including phenoxy) is 1. The first-order chi connectivity index (χ1) is 12.9. The second kappa shape index (κ2) is 7.22. The van der Waals surface area contributed by atoms with E-state index in [0.29, 0.717) is 35.6 Å². The third kappa shape index (κ3) is 3.18. The number of benzene rings is 1. The molecule has 2 aliphatic rings. The minimum absolute atomic E-state index is 0.0944. The minimum Gasteiger partial charge on any atom is -0.463 e. The van der Waals surface area contributed by atoms with Crippen molar-refractivity contribution in [3.05, 3.63) is 62.6 Å². The van der Waals surface area contributed by atoms with Gasteiger partial charge in [-0.25, -0.2) is 4.79 Å². The van der Waals surface area contributed by atoms with Gasteiger partial charge in [0.05, 0.1) is 23.0 Å². The lowest BCUT2D eigenvalue weighted by Gasteiger charge is -2.34. The molecule has 0 bridgehead atoms. The lowest BCUT2D eigenvalue weighted by atomic mass is 9.79. The fourth-order valence-electron chi connectivity index (χ4n) is 3.74. The molecule has 0 amide bonds. The molecule has 3 rings (SSSR count). The fraction of sp³-hybridized carbons (Fsp3) is 0.368. The molecule has 142 valence electrons. The number of nitrogens with zero attached hydrogens (tertiary/aromatic N) is 2. The van der Waals surface area contributed by atoms with Crippen molar-refractivity contribution >= 4 is 17.4 Å². The van der Waals surface area contributed by atoms with Gasteiger partial charge in [-0.2, -0.15) is 0 Å². The molecular formula is C19H21N3O5. The maximum absolute atomic E-state index is 12.8. The molecule has 1 unspecified atom stereocenters. The van der Waals surface area contributed by atoms with E-state index in [9.17, 15) is 19.7 Å². The van der Waals surface area contributed by atoms with E-state index >= 15 is 0 Å². The zero-order valence-corrected chi connectivity index (χ0v) is 15.4. The molecule has 2 aliphatic heterocycles. The summed E-state index contributed by atoms with van der Waals surface area (Å²) in [7, 11) is 0. The summed E-state index contributed by atoms with van der Waals surface area (Å²) in [6.07, 6.45) is 0. The van der Waals surface area contributed by atoms with Crippen LogP contribution in [0, 0.1) is 10.1 Å². The summed E-state index contributed by atoms with van der Waals surface area (Å²) in [5.41, 5.74) is 1.92. The summed E-state index contributed by atoms with van der Waals surface area (Å²) < 4.78 is 5.25. The van der Waals surface area contributed by atoms with Gasteiger partial charge in [0.2, 0.25) is 0 Å². The molecule has 0 aliphatic carbocycles. The summed E-state index contributed by atoms with van der Waals surface area (Å²) in [5.74, 6) is -0.836. The number of ketones is 1. The van der Waals surface area contributed by atoms with Crippen molar-refractivity contribution in [2.45, 2.75) is 26.7 Å². The number of rotatable bonds is 5. The number of fused-ring (bicyclic) bond motifs is 1. The number of allylic oxidation sites excluding steroid dienone is 2. The molecule has 2 heterocycles. The van der Waals surface area contributed by atoms with Crippen molar-refractivity contribution in [2.75, 3.05) is 19.7 Å². The van der Waals surface area contributed by atoms with E-state index in [-0.39, 0.29) is 18.1 Å². The Morgan fingerprint density at radius 1 is 1.37 bits per heavy atom. The van der Waals surface area contributed by atoms with Crippen molar-refractivity contribution in [3.8, 4) is 0 Å². The first-order valence-corrected chi connectivity index (χ1v) is 8.75. The number of nitro benzene ring substituents is 1. The Kier molecular flexibility index (Phi) is 4.98. The van der Waals surface area contributed by atoms with Crippen LogP contribution >= 0.6 is 0 Å². The highest BCUT2D eigenvalue weighted by molar-refractivity contribution is 6.02. The number of hydrogen-bond acceptors (Lipinski definition) is 7. The van der Waals surface area contributed by atoms with Crippen LogP contribution in [0.2, 0.25) is 0 Å². The average molecular weight is 371 g/mol. The molecule has 0 radical (unpaired) electrons. The van der Waals surface area contributed by atoms with Crippen LogP contribution in [0.3, 0.4) is 0 Å². The topological polar surface area (TPSA) is 102 Å². The van der Waals surface area contributed by atoms with E-state index in [1.165, 1.54) is 19.1 Å². The first kappa shape index (κ1) is 18.6. The van der Waals surface area contributed by atoms with Gasteiger partial charge < -0.3 is 15.0 Å². The maximum atomic E-state index is 12.8. The SMILES string of the molecule is CCOC(=O)C1=C2NCCN2C(C)=C(C(C)=O)C1c1cccc([N+](=O)[O-])c1. The molecule has 1 atom stereocenters. The Morgan fingerprint density at radius 2 is 2.11 bits per heavy atom. The van der Waals surface area contributed by atoms with Crippen LogP contribution in [-0.4, -0.2) is 41.3 Å². The van der Waals surface area contributed by atoms with Gasteiger partial charge in [0.25, 0.3) is 5.69 Å². The number of carbonyl (C=O) groups excluding carboxylic acids is 2. The number of esters is 1. The van der Waals surface area contributed by atoms with Crippen molar-refractivity contribution in [1.29, 1.82) is 0 Å². The van der Waals surface area contributed by atoms with Crippen LogP contribution in [0.5, 0.6) is 0 Å². The maximum Gasteiger partial charge on any atom is 0.338 e. The van der Waals surface area contributed by atoms with E-state index in [1.807, 2.05) is 11.8 Å². The zero-order valence-electron chi connectivity index (χ0n) is 15.4. The summed E-state index contributed by atoms with van der Waals surface area (Å²) in [6.45, 7) is 6.43. The summed E-state index contributed by atoms with van der Waals surface area (Å²) in [6, 6.07) is 6.04. The summed E-state index contributed by atoms with van der Waals surface area (Å²) in [5, 5.41) is 14.4. The summed E-state index contributed by atoms with van der Waals surface area (Å²) in [4.78, 5) is 37.9. The third-order valence-corrected chi connectivity index (χ3v) is 4.81. The monoisotopic (exact) mass is 371 g/mol. The number of hydrogen-bond donors (Lipinski definition) is 1. The standard InChI is InChI=1S/C19H21N3O5/c1-4-27-19(24)17-16(13-6-5-7-14(10-13)22(25)26)15(12(3)23)11(2)21-9-8-20-18(17)21/h5-7,10,16,20H,4,8-9H2,1-3H3. The van der Waals surface area contributed by atoms with Gasteiger partial charge in [0, 0.05) is 36.5 Å². The van der Waals surface area contributed by atoms with Crippen molar-refractivity contribution < 1.29 is 19.2 Å². The van der Waals surface area contributed by atoms with E-state index in [1.54, 1.807) is 19.1 Å². The lowest BCUT2D eigenvalue weighted by molar-refractivity contribution is -0.384. The summed E-state index contributed by atoms with van der Waals surface area (Å²) >= 11 is 0. The van der Waals surface area contributed by atoms with Gasteiger partial charge in [-0.3, -0.25) is 14.9 Å². The molecule has 0 saturated carbocycles. The Balaban J connectivity index is 2.25. The highest BCUT2D eigenvalue weighted by Crippen LogP contribution is 2.43. The molecule has 0 aromatic heterocycles. The predicted molar refractivity (Wildman–Crippen MR) is 97.6 cm³/mol. The largest absolute Gasteiger partial charge is 0.463 e. The smallest absolute Gasteiger partial charge is 0.338 e. The van der Waals surface area contributed by atoms with Gasteiger partial charge in [0.1, 0.15) is 5.82 Å². The van der Waals surface area contributed by atoms with Crippen LogP contribution in [0.1, 0.15) is 32.3 Å². The Labute approximate surface area is 156 Å². The second-order valence-electron chi connectivity index (χ2n) is 6.40. The second-order valence-corrected chi connectivity index (χ2v) is 6.40. The molecule has 1 saturated heterocycles. The fourth-order valence-corrected chi connectivity index (χ4v) is 3.74. The van der Waals surface area contributed by atoms with Gasteiger partial charge in [-0.05, 0) is 26.3 Å². The first-order valence-electron chi connectivity index (χ1n) is 8.75. The number of nitrogens with one attached hydrogen (secondary N) is 1. The Morgan fingerprint density at radius 3 is 2.74 bits per heavy atom. The number of nitro groups is 1. The van der Waals surface area contributed by atoms with Crippen molar-refractivity contribution in [3.63, 3.8) is 0 Å². The molecular weight excluding hydrogens is 350 g/mol. The highest BCUT2D eigenvalue weighted by atomic mass is 16.6. The van der Waals surface area contributed by atoms with E-state index in [2.05, 4.69) is 5.32 Å². The zero-order chi connectivity index (χ0) is 19.7. The number of non-ortho nitro benzene ring substituents is 1. The molecule has 1 aromatic carbocycles. The van der Waals surface area contributed by atoms with Crippen LogP contribution in [0.15, 0.2) is 46.9 Å².